The summed E-state index contributed by atoms with van der Waals surface area (Å²) in [5, 5.41) is 3.34. The quantitative estimate of drug-likeness (QED) is 0.686. The molecule has 0 aliphatic heterocycles. The van der Waals surface area contributed by atoms with Gasteiger partial charge in [0.2, 0.25) is 10.0 Å². The molecule has 0 saturated carbocycles. The Hall–Kier alpha value is -1.11. The van der Waals surface area contributed by atoms with Crippen molar-refractivity contribution in [2.45, 2.75) is 51.1 Å². The molecule has 21 heavy (non-hydrogen) atoms. The molecule has 0 spiro atoms. The Morgan fingerprint density at radius 3 is 2.10 bits per heavy atom. The predicted octanol–water partition coefficient (Wildman–Crippen LogP) is 2.16. The van der Waals surface area contributed by atoms with E-state index in [2.05, 4.69) is 23.9 Å². The second-order valence-electron chi connectivity index (χ2n) is 6.01. The molecule has 0 amide bonds. The van der Waals surface area contributed by atoms with Gasteiger partial charge in [0, 0.05) is 24.3 Å². The zero-order valence-electron chi connectivity index (χ0n) is 13.3. The minimum absolute atomic E-state index is 0.125. The van der Waals surface area contributed by atoms with Gasteiger partial charge in [-0.25, -0.2) is 13.1 Å². The summed E-state index contributed by atoms with van der Waals surface area (Å²) < 4.78 is 26.6. The molecule has 1 unspecified atom stereocenters. The number of hydrogen-bond acceptors (Lipinski definition) is 4. The van der Waals surface area contributed by atoms with E-state index in [1.165, 1.54) is 0 Å². The highest BCUT2D eigenvalue weighted by Gasteiger charge is 2.15. The molecule has 120 valence electrons. The maximum absolute atomic E-state index is 12.0. The summed E-state index contributed by atoms with van der Waals surface area (Å²) >= 11 is 0. The summed E-state index contributed by atoms with van der Waals surface area (Å²) in [7, 11) is -3.43. The van der Waals surface area contributed by atoms with Crippen molar-refractivity contribution in [1.29, 1.82) is 0 Å². The SMILES string of the molecule is CC(C)CC(CN)Nc1ccc(S(=O)(=O)NC(C)C)cc1. The first-order chi connectivity index (χ1) is 9.74. The lowest BCUT2D eigenvalue weighted by molar-refractivity contribution is 0.522. The van der Waals surface area contributed by atoms with Crippen LogP contribution in [0.5, 0.6) is 0 Å². The number of hydrogen-bond donors (Lipinski definition) is 3. The second-order valence-corrected chi connectivity index (χ2v) is 7.72. The average Bonchev–Trinajstić information content (AvgIpc) is 2.36. The molecule has 0 aliphatic rings. The highest BCUT2D eigenvalue weighted by Crippen LogP contribution is 2.16. The van der Waals surface area contributed by atoms with Gasteiger partial charge in [-0.1, -0.05) is 13.8 Å². The fraction of sp³-hybridized carbons (Fsp3) is 0.600. The van der Waals surface area contributed by atoms with Crippen molar-refractivity contribution < 1.29 is 8.42 Å². The summed E-state index contributed by atoms with van der Waals surface area (Å²) in [4.78, 5) is 0.273. The van der Waals surface area contributed by atoms with E-state index in [0.29, 0.717) is 12.5 Å². The lowest BCUT2D eigenvalue weighted by Gasteiger charge is -2.20. The first-order valence-corrected chi connectivity index (χ1v) is 8.82. The Balaban J connectivity index is 2.78. The summed E-state index contributed by atoms with van der Waals surface area (Å²) in [6.07, 6.45) is 0.978. The molecule has 5 nitrogen and oxygen atoms in total. The topological polar surface area (TPSA) is 84.2 Å². The summed E-state index contributed by atoms with van der Waals surface area (Å²) in [5.41, 5.74) is 6.64. The van der Waals surface area contributed by atoms with Gasteiger partial charge in [-0.3, -0.25) is 0 Å². The van der Waals surface area contributed by atoms with E-state index in [-0.39, 0.29) is 17.0 Å². The highest BCUT2D eigenvalue weighted by molar-refractivity contribution is 7.89. The molecule has 0 aromatic heterocycles. The highest BCUT2D eigenvalue weighted by atomic mass is 32.2. The molecule has 0 bridgehead atoms. The predicted molar refractivity (Wildman–Crippen MR) is 87.8 cm³/mol. The molecule has 1 aromatic rings. The lowest BCUT2D eigenvalue weighted by atomic mass is 10.0. The largest absolute Gasteiger partial charge is 0.381 e. The maximum Gasteiger partial charge on any atom is 0.240 e. The Morgan fingerprint density at radius 2 is 1.67 bits per heavy atom. The van der Waals surface area contributed by atoms with Crippen LogP contribution in [0.1, 0.15) is 34.1 Å². The third-order valence-corrected chi connectivity index (χ3v) is 4.64. The van der Waals surface area contributed by atoms with Crippen molar-refractivity contribution >= 4 is 15.7 Å². The van der Waals surface area contributed by atoms with Gasteiger partial charge < -0.3 is 11.1 Å². The number of anilines is 1. The standard InChI is InChI=1S/C15H27N3O2S/c1-11(2)9-14(10-16)17-13-5-7-15(8-6-13)21(19,20)18-12(3)4/h5-8,11-12,14,17-18H,9-10,16H2,1-4H3. The molecular weight excluding hydrogens is 286 g/mol. The smallest absolute Gasteiger partial charge is 0.240 e. The van der Waals surface area contributed by atoms with Crippen molar-refractivity contribution in [3.8, 4) is 0 Å². The number of benzene rings is 1. The third kappa shape index (κ3) is 6.03. The van der Waals surface area contributed by atoms with Gasteiger partial charge in [0.1, 0.15) is 0 Å². The van der Waals surface area contributed by atoms with Crippen LogP contribution in [-0.4, -0.2) is 27.0 Å². The molecular formula is C15H27N3O2S. The lowest BCUT2D eigenvalue weighted by Crippen LogP contribution is -2.31. The number of nitrogens with two attached hydrogens (primary N) is 1. The zero-order valence-corrected chi connectivity index (χ0v) is 14.1. The van der Waals surface area contributed by atoms with Crippen LogP contribution in [0.2, 0.25) is 0 Å². The van der Waals surface area contributed by atoms with Gasteiger partial charge in [-0.2, -0.15) is 0 Å². The number of rotatable bonds is 8. The van der Waals surface area contributed by atoms with Crippen LogP contribution in [0.3, 0.4) is 0 Å². The molecule has 1 rings (SSSR count). The molecule has 6 heteroatoms. The van der Waals surface area contributed by atoms with E-state index in [1.54, 1.807) is 38.1 Å². The molecule has 0 saturated heterocycles. The normalized spacial score (nSPS) is 13.7. The van der Waals surface area contributed by atoms with Crippen molar-refractivity contribution in [2.75, 3.05) is 11.9 Å². The van der Waals surface area contributed by atoms with Crippen LogP contribution >= 0.6 is 0 Å². The molecule has 4 N–H and O–H groups in total. The van der Waals surface area contributed by atoms with Crippen LogP contribution in [0, 0.1) is 5.92 Å². The Morgan fingerprint density at radius 1 is 1.10 bits per heavy atom. The summed E-state index contributed by atoms with van der Waals surface area (Å²) in [5.74, 6) is 0.556. The first-order valence-electron chi connectivity index (χ1n) is 7.33. The van der Waals surface area contributed by atoms with Gasteiger partial charge >= 0.3 is 0 Å². The minimum Gasteiger partial charge on any atom is -0.381 e. The van der Waals surface area contributed by atoms with Crippen molar-refractivity contribution in [3.05, 3.63) is 24.3 Å². The van der Waals surface area contributed by atoms with E-state index in [0.717, 1.165) is 12.1 Å². The Labute approximate surface area is 128 Å². The molecule has 0 heterocycles. The second kappa shape index (κ2) is 7.77. The average molecular weight is 313 g/mol. The van der Waals surface area contributed by atoms with E-state index in [1.807, 2.05) is 0 Å². The fourth-order valence-corrected chi connectivity index (χ4v) is 3.38. The van der Waals surface area contributed by atoms with E-state index < -0.39 is 10.0 Å². The third-order valence-electron chi connectivity index (χ3n) is 2.97. The van der Waals surface area contributed by atoms with E-state index in [9.17, 15) is 8.42 Å². The van der Waals surface area contributed by atoms with Gasteiger partial charge in [0.15, 0.2) is 0 Å². The van der Waals surface area contributed by atoms with E-state index >= 15 is 0 Å². The van der Waals surface area contributed by atoms with Crippen LogP contribution in [0.4, 0.5) is 5.69 Å². The Bertz CT molecular complexity index is 524. The van der Waals surface area contributed by atoms with E-state index in [4.69, 9.17) is 5.73 Å². The van der Waals surface area contributed by atoms with Gasteiger partial charge in [0.25, 0.3) is 0 Å². The first kappa shape index (κ1) is 17.9. The van der Waals surface area contributed by atoms with Crippen LogP contribution in [0.15, 0.2) is 29.2 Å². The van der Waals surface area contributed by atoms with Crippen molar-refractivity contribution in [3.63, 3.8) is 0 Å². The summed E-state index contributed by atoms with van der Waals surface area (Å²) in [6, 6.07) is 6.84. The van der Waals surface area contributed by atoms with Crippen LogP contribution in [0.25, 0.3) is 0 Å². The fourth-order valence-electron chi connectivity index (χ4n) is 2.13. The molecule has 1 atom stereocenters. The maximum atomic E-state index is 12.0. The minimum atomic E-state index is -3.43. The number of sulfonamides is 1. The van der Waals surface area contributed by atoms with Crippen molar-refractivity contribution in [1.82, 2.24) is 4.72 Å². The van der Waals surface area contributed by atoms with Gasteiger partial charge in [-0.15, -0.1) is 0 Å². The molecule has 0 aliphatic carbocycles. The summed E-state index contributed by atoms with van der Waals surface area (Å²) in [6.45, 7) is 8.44. The van der Waals surface area contributed by atoms with Gasteiger partial charge in [-0.05, 0) is 50.5 Å². The van der Waals surface area contributed by atoms with Crippen LogP contribution in [-0.2, 0) is 10.0 Å². The molecule has 1 aromatic carbocycles. The Kier molecular flexibility index (Phi) is 6.64. The monoisotopic (exact) mass is 313 g/mol. The molecule has 0 radical (unpaired) electrons. The van der Waals surface area contributed by atoms with Crippen molar-refractivity contribution in [2.24, 2.45) is 11.7 Å². The number of nitrogens with one attached hydrogen (secondary N) is 2. The molecule has 0 fully saturated rings. The zero-order chi connectivity index (χ0) is 16.0. The van der Waals surface area contributed by atoms with Gasteiger partial charge in [0.05, 0.1) is 4.90 Å². The van der Waals surface area contributed by atoms with Crippen LogP contribution < -0.4 is 15.8 Å².